The van der Waals surface area contributed by atoms with E-state index in [1.807, 2.05) is 20.8 Å². The number of fused-ring (bicyclic) bond motifs is 1. The molecule has 4 nitrogen and oxygen atoms in total. The Bertz CT molecular complexity index is 407. The van der Waals surface area contributed by atoms with Crippen LogP contribution in [0.15, 0.2) is 0 Å². The molecule has 106 valence electrons. The molecule has 3 atom stereocenters. The Morgan fingerprint density at radius 3 is 2.68 bits per heavy atom. The first-order valence-electron chi connectivity index (χ1n) is 7.17. The molecule has 2 aliphatic rings. The summed E-state index contributed by atoms with van der Waals surface area (Å²) in [5.41, 5.74) is -0.560. The predicted molar refractivity (Wildman–Crippen MR) is 72.4 cm³/mol. The Balaban J connectivity index is 2.19. The fraction of sp³-hybridized carbons (Fsp3) is 0.867. The smallest absolute Gasteiger partial charge is 0.411 e. The molecule has 4 heteroatoms. The predicted octanol–water partition coefficient (Wildman–Crippen LogP) is 3.33. The van der Waals surface area contributed by atoms with Gasteiger partial charge >= 0.3 is 6.09 Å². The molecule has 0 aromatic rings. The lowest BCUT2D eigenvalue weighted by Gasteiger charge is -2.37. The molecule has 1 aliphatic heterocycles. The molecule has 0 N–H and O–H groups in total. The first-order valence-corrected chi connectivity index (χ1v) is 7.17. The largest absolute Gasteiger partial charge is 0.444 e. The van der Waals surface area contributed by atoms with Gasteiger partial charge in [0.15, 0.2) is 0 Å². The van der Waals surface area contributed by atoms with Gasteiger partial charge in [-0.25, -0.2) is 4.79 Å². The second-order valence-corrected chi connectivity index (χ2v) is 7.11. The molecule has 1 amide bonds. The molecular formula is C15H24N2O2. The average Bonchev–Trinajstić information content (AvgIpc) is 2.59. The zero-order valence-corrected chi connectivity index (χ0v) is 12.4. The summed E-state index contributed by atoms with van der Waals surface area (Å²) in [4.78, 5) is 13.9. The van der Waals surface area contributed by atoms with E-state index in [4.69, 9.17) is 4.74 Å². The summed E-state index contributed by atoms with van der Waals surface area (Å²) in [7, 11) is 0. The van der Waals surface area contributed by atoms with Gasteiger partial charge in [-0.2, -0.15) is 5.26 Å². The Hall–Kier alpha value is -1.24. The van der Waals surface area contributed by atoms with Gasteiger partial charge in [-0.3, -0.25) is 4.90 Å². The van der Waals surface area contributed by atoms with E-state index in [1.54, 1.807) is 4.90 Å². The third-order valence-corrected chi connectivity index (χ3v) is 4.55. The van der Waals surface area contributed by atoms with E-state index in [9.17, 15) is 10.1 Å². The minimum absolute atomic E-state index is 0.0517. The minimum atomic E-state index is -0.508. The van der Waals surface area contributed by atoms with Gasteiger partial charge in [-0.15, -0.1) is 0 Å². The number of ether oxygens (including phenoxy) is 1. The van der Waals surface area contributed by atoms with Gasteiger partial charge in [0.25, 0.3) is 0 Å². The Morgan fingerprint density at radius 1 is 1.42 bits per heavy atom. The Kier molecular flexibility index (Phi) is 3.51. The van der Waals surface area contributed by atoms with Crippen molar-refractivity contribution < 1.29 is 9.53 Å². The maximum Gasteiger partial charge on any atom is 0.411 e. The summed E-state index contributed by atoms with van der Waals surface area (Å²) in [5, 5.41) is 9.49. The maximum absolute atomic E-state index is 12.3. The summed E-state index contributed by atoms with van der Waals surface area (Å²) in [5.74, 6) is 0.443. The highest BCUT2D eigenvalue weighted by Gasteiger charge is 2.54. The van der Waals surface area contributed by atoms with Crippen LogP contribution < -0.4 is 0 Å². The van der Waals surface area contributed by atoms with Crippen LogP contribution in [-0.2, 0) is 4.74 Å². The lowest BCUT2D eigenvalue weighted by Crippen LogP contribution is -2.43. The molecule has 1 aliphatic carbocycles. The van der Waals surface area contributed by atoms with Crippen LogP contribution in [0, 0.1) is 22.7 Å². The van der Waals surface area contributed by atoms with Gasteiger partial charge in [0.2, 0.25) is 0 Å². The molecule has 0 radical (unpaired) electrons. The molecule has 0 spiro atoms. The van der Waals surface area contributed by atoms with Gasteiger partial charge in [-0.05, 0) is 39.5 Å². The summed E-state index contributed by atoms with van der Waals surface area (Å²) in [6.07, 6.45) is 4.19. The first kappa shape index (κ1) is 14.2. The van der Waals surface area contributed by atoms with E-state index in [2.05, 4.69) is 13.0 Å². The first-order chi connectivity index (χ1) is 8.78. The van der Waals surface area contributed by atoms with Crippen molar-refractivity contribution in [1.29, 1.82) is 5.26 Å². The molecule has 0 aromatic carbocycles. The number of amides is 1. The van der Waals surface area contributed by atoms with Crippen molar-refractivity contribution in [2.75, 3.05) is 6.54 Å². The lowest BCUT2D eigenvalue weighted by molar-refractivity contribution is 0.0219. The number of carbonyl (C=O) groups is 1. The standard InChI is InChI=1S/C15H24N2O2/c1-14(2,3)19-13(18)17-10-11-7-5-6-8-15(11,4)12(17)9-16/h11-12H,5-8,10H2,1-4H3. The van der Waals surface area contributed by atoms with Gasteiger partial charge in [0, 0.05) is 12.0 Å². The van der Waals surface area contributed by atoms with Gasteiger partial charge in [0.1, 0.15) is 11.6 Å². The molecule has 1 saturated carbocycles. The second-order valence-electron chi connectivity index (χ2n) is 7.11. The molecule has 19 heavy (non-hydrogen) atoms. The van der Waals surface area contributed by atoms with E-state index in [0.29, 0.717) is 12.5 Å². The van der Waals surface area contributed by atoms with Crippen LogP contribution in [0.3, 0.4) is 0 Å². The molecule has 0 aromatic heterocycles. The van der Waals surface area contributed by atoms with Crippen molar-refractivity contribution in [2.45, 2.75) is 65.0 Å². The molecule has 2 fully saturated rings. The van der Waals surface area contributed by atoms with Crippen molar-refractivity contribution in [3.05, 3.63) is 0 Å². The summed E-state index contributed by atoms with van der Waals surface area (Å²) < 4.78 is 5.44. The van der Waals surface area contributed by atoms with Gasteiger partial charge in [-0.1, -0.05) is 19.8 Å². The molecule has 1 heterocycles. The van der Waals surface area contributed by atoms with Crippen molar-refractivity contribution in [1.82, 2.24) is 4.90 Å². The van der Waals surface area contributed by atoms with Crippen LogP contribution in [0.5, 0.6) is 0 Å². The topological polar surface area (TPSA) is 53.3 Å². The van der Waals surface area contributed by atoms with E-state index < -0.39 is 5.60 Å². The van der Waals surface area contributed by atoms with Crippen LogP contribution >= 0.6 is 0 Å². The van der Waals surface area contributed by atoms with Crippen LogP contribution in [0.2, 0.25) is 0 Å². The van der Waals surface area contributed by atoms with E-state index >= 15 is 0 Å². The third-order valence-electron chi connectivity index (χ3n) is 4.55. The van der Waals surface area contributed by atoms with E-state index in [0.717, 1.165) is 19.3 Å². The number of hydrogen-bond donors (Lipinski definition) is 0. The fourth-order valence-electron chi connectivity index (χ4n) is 3.51. The second kappa shape index (κ2) is 4.70. The van der Waals surface area contributed by atoms with Gasteiger partial charge < -0.3 is 4.74 Å². The average molecular weight is 264 g/mol. The molecule has 3 unspecified atom stereocenters. The van der Waals surface area contributed by atoms with Crippen molar-refractivity contribution in [3.63, 3.8) is 0 Å². The third kappa shape index (κ3) is 2.56. The monoisotopic (exact) mass is 264 g/mol. The Morgan fingerprint density at radius 2 is 2.11 bits per heavy atom. The number of carbonyl (C=O) groups excluding carboxylic acids is 1. The lowest BCUT2D eigenvalue weighted by atomic mass is 9.66. The quantitative estimate of drug-likeness (QED) is 0.674. The molecular weight excluding hydrogens is 240 g/mol. The van der Waals surface area contributed by atoms with Crippen molar-refractivity contribution >= 4 is 6.09 Å². The summed E-state index contributed by atoms with van der Waals surface area (Å²) in [6.45, 7) is 8.41. The maximum atomic E-state index is 12.3. The molecule has 0 bridgehead atoms. The van der Waals surface area contributed by atoms with Gasteiger partial charge in [0.05, 0.1) is 6.07 Å². The van der Waals surface area contributed by atoms with E-state index in [-0.39, 0.29) is 17.6 Å². The van der Waals surface area contributed by atoms with Crippen LogP contribution in [0.25, 0.3) is 0 Å². The van der Waals surface area contributed by atoms with Crippen molar-refractivity contribution in [3.8, 4) is 6.07 Å². The zero-order chi connectivity index (χ0) is 14.3. The highest BCUT2D eigenvalue weighted by Crippen LogP contribution is 2.50. The number of nitrogens with zero attached hydrogens (tertiary/aromatic N) is 2. The van der Waals surface area contributed by atoms with Crippen molar-refractivity contribution in [2.24, 2.45) is 11.3 Å². The minimum Gasteiger partial charge on any atom is -0.444 e. The summed E-state index contributed by atoms with van der Waals surface area (Å²) in [6, 6.07) is 2.01. The van der Waals surface area contributed by atoms with Crippen LogP contribution in [-0.4, -0.2) is 29.2 Å². The van der Waals surface area contributed by atoms with Crippen LogP contribution in [0.1, 0.15) is 53.4 Å². The SMILES string of the molecule is CC(C)(C)OC(=O)N1CC2CCCCC2(C)C1C#N. The van der Waals surface area contributed by atoms with Crippen LogP contribution in [0.4, 0.5) is 4.79 Å². The summed E-state index contributed by atoms with van der Waals surface area (Å²) >= 11 is 0. The molecule has 1 saturated heterocycles. The highest BCUT2D eigenvalue weighted by molar-refractivity contribution is 5.70. The molecule has 2 rings (SSSR count). The highest BCUT2D eigenvalue weighted by atomic mass is 16.6. The zero-order valence-electron chi connectivity index (χ0n) is 12.4. The normalized spacial score (nSPS) is 34.6. The number of nitriles is 1. The fourth-order valence-corrected chi connectivity index (χ4v) is 3.51. The van der Waals surface area contributed by atoms with E-state index in [1.165, 1.54) is 6.42 Å². The Labute approximate surface area is 115 Å². The number of likely N-dealkylation sites (tertiary alicyclic amines) is 1. The number of hydrogen-bond acceptors (Lipinski definition) is 3. The number of rotatable bonds is 0.